The molecular formula is C15H21N3O2. The summed E-state index contributed by atoms with van der Waals surface area (Å²) in [5.41, 5.74) is 1.05. The topological polar surface area (TPSA) is 61.4 Å². The molecule has 1 aromatic carbocycles. The summed E-state index contributed by atoms with van der Waals surface area (Å²) < 4.78 is 0. The maximum atomic E-state index is 12.0. The fraction of sp³-hybridized carbons (Fsp3) is 0.467. The van der Waals surface area contributed by atoms with Crippen LogP contribution in [0.4, 0.5) is 0 Å². The summed E-state index contributed by atoms with van der Waals surface area (Å²) in [6.07, 6.45) is 0.877. The van der Waals surface area contributed by atoms with E-state index in [1.807, 2.05) is 37.3 Å². The number of benzene rings is 1. The van der Waals surface area contributed by atoms with Crippen LogP contribution >= 0.6 is 0 Å². The third-order valence-corrected chi connectivity index (χ3v) is 3.40. The zero-order valence-corrected chi connectivity index (χ0v) is 11.8. The Kier molecular flexibility index (Phi) is 5.12. The number of hydrogen-bond donors (Lipinski definition) is 2. The number of hydrogen-bond acceptors (Lipinski definition) is 3. The second-order valence-corrected chi connectivity index (χ2v) is 5.05. The number of rotatable bonds is 4. The lowest BCUT2D eigenvalue weighted by molar-refractivity contribution is -0.136. The van der Waals surface area contributed by atoms with E-state index in [4.69, 9.17) is 0 Å². The van der Waals surface area contributed by atoms with Crippen molar-refractivity contribution in [3.63, 3.8) is 0 Å². The molecule has 0 aromatic heterocycles. The molecule has 0 radical (unpaired) electrons. The summed E-state index contributed by atoms with van der Waals surface area (Å²) in [5.74, 6) is -0.117. The molecule has 1 atom stereocenters. The van der Waals surface area contributed by atoms with E-state index < -0.39 is 0 Å². The number of carbonyl (C=O) groups excluding carboxylic acids is 2. The van der Waals surface area contributed by atoms with Crippen molar-refractivity contribution in [3.05, 3.63) is 35.9 Å². The Morgan fingerprint density at radius 1 is 1.40 bits per heavy atom. The van der Waals surface area contributed by atoms with Gasteiger partial charge in [0.15, 0.2) is 0 Å². The zero-order chi connectivity index (χ0) is 14.4. The van der Waals surface area contributed by atoms with Crippen LogP contribution in [-0.4, -0.2) is 42.4 Å². The molecule has 2 N–H and O–H groups in total. The molecule has 108 valence electrons. The highest BCUT2D eigenvalue weighted by Gasteiger charge is 2.24. The fourth-order valence-electron chi connectivity index (χ4n) is 2.24. The molecule has 1 aliphatic heterocycles. The lowest BCUT2D eigenvalue weighted by atomic mass is 10.2. The van der Waals surface area contributed by atoms with Gasteiger partial charge in [-0.2, -0.15) is 0 Å². The molecule has 1 fully saturated rings. The van der Waals surface area contributed by atoms with E-state index in [2.05, 4.69) is 10.6 Å². The molecule has 1 aliphatic rings. The Bertz CT molecular complexity index is 461. The second kappa shape index (κ2) is 7.05. The molecule has 20 heavy (non-hydrogen) atoms. The van der Waals surface area contributed by atoms with Gasteiger partial charge in [-0.15, -0.1) is 0 Å². The first-order valence-electron chi connectivity index (χ1n) is 6.99. The van der Waals surface area contributed by atoms with Gasteiger partial charge in [0, 0.05) is 13.1 Å². The summed E-state index contributed by atoms with van der Waals surface area (Å²) >= 11 is 0. The monoisotopic (exact) mass is 275 g/mol. The third kappa shape index (κ3) is 4.06. The van der Waals surface area contributed by atoms with Gasteiger partial charge in [-0.3, -0.25) is 9.59 Å². The fourth-order valence-corrected chi connectivity index (χ4v) is 2.24. The molecule has 1 saturated heterocycles. The molecule has 2 rings (SSSR count). The van der Waals surface area contributed by atoms with Crippen molar-refractivity contribution in [2.24, 2.45) is 0 Å². The van der Waals surface area contributed by atoms with Crippen LogP contribution in [0, 0.1) is 0 Å². The smallest absolute Gasteiger partial charge is 0.239 e. The summed E-state index contributed by atoms with van der Waals surface area (Å²) in [6, 6.07) is 9.53. The summed E-state index contributed by atoms with van der Waals surface area (Å²) in [6.45, 7) is 3.92. The third-order valence-electron chi connectivity index (χ3n) is 3.40. The van der Waals surface area contributed by atoms with Gasteiger partial charge in [-0.25, -0.2) is 0 Å². The largest absolute Gasteiger partial charge is 0.350 e. The Balaban J connectivity index is 1.83. The van der Waals surface area contributed by atoms with Crippen LogP contribution in [0.2, 0.25) is 0 Å². The van der Waals surface area contributed by atoms with Crippen LogP contribution in [-0.2, 0) is 16.1 Å². The molecule has 5 heteroatoms. The van der Waals surface area contributed by atoms with E-state index in [0.29, 0.717) is 13.1 Å². The van der Waals surface area contributed by atoms with Crippen molar-refractivity contribution in [2.75, 3.05) is 19.6 Å². The Morgan fingerprint density at radius 2 is 2.15 bits per heavy atom. The minimum atomic E-state index is -0.209. The number of amides is 2. The quantitative estimate of drug-likeness (QED) is 0.842. The molecule has 0 spiro atoms. The van der Waals surface area contributed by atoms with Gasteiger partial charge in [0.05, 0.1) is 12.6 Å². The predicted octanol–water partition coefficient (Wildman–Crippen LogP) is 0.513. The van der Waals surface area contributed by atoms with Crippen LogP contribution in [0.15, 0.2) is 30.3 Å². The van der Waals surface area contributed by atoms with Crippen molar-refractivity contribution in [1.82, 2.24) is 15.5 Å². The minimum absolute atomic E-state index is 0.00244. The Hall–Kier alpha value is -1.88. The van der Waals surface area contributed by atoms with Crippen LogP contribution in [0.5, 0.6) is 0 Å². The van der Waals surface area contributed by atoms with E-state index in [1.165, 1.54) is 0 Å². The van der Waals surface area contributed by atoms with E-state index in [9.17, 15) is 9.59 Å². The minimum Gasteiger partial charge on any atom is -0.350 e. The lowest BCUT2D eigenvalue weighted by Gasteiger charge is -2.22. The van der Waals surface area contributed by atoms with Crippen LogP contribution in [0.3, 0.4) is 0 Å². The lowest BCUT2D eigenvalue weighted by Crippen LogP contribution is -2.45. The highest BCUT2D eigenvalue weighted by molar-refractivity contribution is 5.87. The molecule has 1 unspecified atom stereocenters. The number of nitrogens with one attached hydrogen (secondary N) is 2. The van der Waals surface area contributed by atoms with E-state index in [0.717, 1.165) is 18.5 Å². The van der Waals surface area contributed by atoms with Crippen molar-refractivity contribution in [3.8, 4) is 0 Å². The van der Waals surface area contributed by atoms with E-state index in [1.54, 1.807) is 4.90 Å². The molecule has 0 bridgehead atoms. The normalized spacial score (nSPS) is 19.6. The van der Waals surface area contributed by atoms with Gasteiger partial charge in [0.1, 0.15) is 0 Å². The van der Waals surface area contributed by atoms with Crippen molar-refractivity contribution in [1.29, 1.82) is 0 Å². The predicted molar refractivity (Wildman–Crippen MR) is 77.0 cm³/mol. The van der Waals surface area contributed by atoms with Gasteiger partial charge in [-0.1, -0.05) is 30.3 Å². The first kappa shape index (κ1) is 14.5. The first-order chi connectivity index (χ1) is 9.66. The average molecular weight is 275 g/mol. The Morgan fingerprint density at radius 3 is 2.90 bits per heavy atom. The SMILES string of the molecule is CC1NCCCN(CC(=O)NCc2ccccc2)C1=O. The summed E-state index contributed by atoms with van der Waals surface area (Å²) in [7, 11) is 0. The maximum Gasteiger partial charge on any atom is 0.239 e. The zero-order valence-electron chi connectivity index (χ0n) is 11.8. The highest BCUT2D eigenvalue weighted by atomic mass is 16.2. The van der Waals surface area contributed by atoms with Gasteiger partial charge in [0.2, 0.25) is 11.8 Å². The van der Waals surface area contributed by atoms with Crippen molar-refractivity contribution < 1.29 is 9.59 Å². The molecule has 0 aliphatic carbocycles. The molecule has 5 nitrogen and oxygen atoms in total. The average Bonchev–Trinajstić information content (AvgIpc) is 2.62. The molecular weight excluding hydrogens is 254 g/mol. The highest BCUT2D eigenvalue weighted by Crippen LogP contribution is 2.02. The summed E-state index contributed by atoms with van der Waals surface area (Å²) in [4.78, 5) is 25.6. The summed E-state index contributed by atoms with van der Waals surface area (Å²) in [5, 5.41) is 5.98. The van der Waals surface area contributed by atoms with Gasteiger partial charge >= 0.3 is 0 Å². The van der Waals surface area contributed by atoms with Gasteiger partial charge < -0.3 is 15.5 Å². The van der Waals surface area contributed by atoms with Gasteiger partial charge in [-0.05, 0) is 25.5 Å². The van der Waals surface area contributed by atoms with Gasteiger partial charge in [0.25, 0.3) is 0 Å². The van der Waals surface area contributed by atoms with Crippen LogP contribution in [0.25, 0.3) is 0 Å². The number of carbonyl (C=O) groups is 2. The molecule has 1 heterocycles. The van der Waals surface area contributed by atoms with Crippen LogP contribution < -0.4 is 10.6 Å². The molecule has 2 amide bonds. The van der Waals surface area contributed by atoms with Crippen LogP contribution in [0.1, 0.15) is 18.9 Å². The molecule has 0 saturated carbocycles. The second-order valence-electron chi connectivity index (χ2n) is 5.05. The maximum absolute atomic E-state index is 12.0. The molecule has 1 aromatic rings. The number of nitrogens with zero attached hydrogens (tertiary/aromatic N) is 1. The standard InChI is InChI=1S/C15H21N3O2/c1-12-15(20)18(9-5-8-16-12)11-14(19)17-10-13-6-3-2-4-7-13/h2-4,6-7,12,16H,5,8-11H2,1H3,(H,17,19). The van der Waals surface area contributed by atoms with E-state index >= 15 is 0 Å². The van der Waals surface area contributed by atoms with Crippen molar-refractivity contribution >= 4 is 11.8 Å². The van der Waals surface area contributed by atoms with Crippen molar-refractivity contribution in [2.45, 2.75) is 25.9 Å². The van der Waals surface area contributed by atoms with E-state index in [-0.39, 0.29) is 24.4 Å². The first-order valence-corrected chi connectivity index (χ1v) is 6.99. The Labute approximate surface area is 119 Å².